The van der Waals surface area contributed by atoms with E-state index in [9.17, 15) is 19.1 Å². The van der Waals surface area contributed by atoms with Gasteiger partial charge in [0.15, 0.2) is 5.78 Å². The SMILES string of the molecule is CCC[C@@H](CC(=O)c1ccc(-c2cc(F)ccc2-c2nc3ccc(C(C)(C)C)cc3[nH]2)c(C(=O)O)c1)c1ccccc1. The number of hydrogen-bond donors (Lipinski definition) is 2. The van der Waals surface area contributed by atoms with Crippen molar-refractivity contribution in [1.82, 2.24) is 9.97 Å². The molecule has 5 rings (SSSR count). The average Bonchev–Trinajstić information content (AvgIpc) is 3.40. The maximum absolute atomic E-state index is 14.6. The summed E-state index contributed by atoms with van der Waals surface area (Å²) in [5.41, 5.74) is 5.31. The van der Waals surface area contributed by atoms with E-state index >= 15 is 0 Å². The van der Waals surface area contributed by atoms with Crippen LogP contribution >= 0.6 is 0 Å². The maximum Gasteiger partial charge on any atom is 0.336 e. The molecule has 0 aliphatic heterocycles. The summed E-state index contributed by atoms with van der Waals surface area (Å²) in [4.78, 5) is 34.0. The number of carbonyl (C=O) groups excluding carboxylic acids is 1. The molecule has 214 valence electrons. The van der Waals surface area contributed by atoms with Gasteiger partial charge >= 0.3 is 5.97 Å². The third-order valence-corrected chi connectivity index (χ3v) is 7.79. The van der Waals surface area contributed by atoms with Crippen LogP contribution in [-0.2, 0) is 5.41 Å². The first kappa shape index (κ1) is 28.9. The monoisotopic (exact) mass is 562 g/mol. The number of carboxylic acids is 1. The van der Waals surface area contributed by atoms with Crippen molar-refractivity contribution in [3.05, 3.63) is 113 Å². The summed E-state index contributed by atoms with van der Waals surface area (Å²) in [7, 11) is 0. The van der Waals surface area contributed by atoms with Gasteiger partial charge in [-0.2, -0.15) is 0 Å². The van der Waals surface area contributed by atoms with Crippen molar-refractivity contribution in [2.24, 2.45) is 0 Å². The van der Waals surface area contributed by atoms with Gasteiger partial charge in [0.2, 0.25) is 0 Å². The van der Waals surface area contributed by atoms with Crippen LogP contribution in [0.25, 0.3) is 33.5 Å². The molecule has 0 spiro atoms. The van der Waals surface area contributed by atoms with Crippen LogP contribution in [0.1, 0.15) is 84.7 Å². The second-order valence-corrected chi connectivity index (χ2v) is 11.8. The van der Waals surface area contributed by atoms with Crippen molar-refractivity contribution in [2.45, 2.75) is 58.3 Å². The molecule has 0 bridgehead atoms. The molecule has 0 fully saturated rings. The number of ketones is 1. The lowest BCUT2D eigenvalue weighted by Crippen LogP contribution is -2.10. The number of halogens is 1. The smallest absolute Gasteiger partial charge is 0.336 e. The van der Waals surface area contributed by atoms with Gasteiger partial charge in [-0.1, -0.05) is 82.6 Å². The number of Topliss-reactive ketones (excluding diaryl/α,β-unsaturated/α-hetero) is 1. The Morgan fingerprint density at radius 1 is 0.905 bits per heavy atom. The molecule has 1 heterocycles. The second kappa shape index (κ2) is 11.7. The number of carboxylic acid groups (broad SMARTS) is 1. The highest BCUT2D eigenvalue weighted by atomic mass is 19.1. The summed E-state index contributed by atoms with van der Waals surface area (Å²) in [6.45, 7) is 8.49. The molecule has 0 saturated carbocycles. The second-order valence-electron chi connectivity index (χ2n) is 11.8. The van der Waals surface area contributed by atoms with E-state index in [-0.39, 0.29) is 29.1 Å². The molecule has 5 nitrogen and oxygen atoms in total. The number of aromatic amines is 1. The zero-order valence-corrected chi connectivity index (χ0v) is 24.4. The fraction of sp³-hybridized carbons (Fsp3) is 0.250. The minimum atomic E-state index is -1.19. The largest absolute Gasteiger partial charge is 0.478 e. The van der Waals surface area contributed by atoms with Crippen LogP contribution in [0.5, 0.6) is 0 Å². The minimum absolute atomic E-state index is 0.0401. The molecule has 5 aromatic rings. The Hall–Kier alpha value is -4.58. The number of nitrogens with one attached hydrogen (secondary N) is 1. The Kier molecular flexibility index (Phi) is 8.08. The lowest BCUT2D eigenvalue weighted by molar-refractivity contribution is 0.0697. The number of fused-ring (bicyclic) bond motifs is 1. The number of aromatic nitrogens is 2. The molecule has 1 atom stereocenters. The lowest BCUT2D eigenvalue weighted by atomic mass is 9.87. The van der Waals surface area contributed by atoms with Crippen molar-refractivity contribution in [3.8, 4) is 22.5 Å². The fourth-order valence-electron chi connectivity index (χ4n) is 5.48. The molecule has 6 heteroatoms. The number of aromatic carboxylic acids is 1. The van der Waals surface area contributed by atoms with Crippen LogP contribution < -0.4 is 0 Å². The van der Waals surface area contributed by atoms with E-state index in [2.05, 4.69) is 38.7 Å². The number of carbonyl (C=O) groups is 2. The number of hydrogen-bond acceptors (Lipinski definition) is 3. The van der Waals surface area contributed by atoms with Crippen molar-refractivity contribution >= 4 is 22.8 Å². The summed E-state index contributed by atoms with van der Waals surface area (Å²) >= 11 is 0. The van der Waals surface area contributed by atoms with E-state index in [1.165, 1.54) is 18.2 Å². The Morgan fingerprint density at radius 2 is 1.64 bits per heavy atom. The average molecular weight is 563 g/mol. The lowest BCUT2D eigenvalue weighted by Gasteiger charge is -2.18. The highest BCUT2D eigenvalue weighted by Gasteiger charge is 2.23. The van der Waals surface area contributed by atoms with Gasteiger partial charge < -0.3 is 10.1 Å². The standard InChI is InChI=1S/C36H35FN2O3/c1-5-9-23(22-10-7-6-8-11-22)19-33(40)24-12-15-27(30(18-24)35(41)42)29-21-26(37)14-16-28(29)34-38-31-17-13-25(36(2,3)4)20-32(31)39-34/h6-8,10-18,20-21,23H,5,9,19H2,1-4H3,(H,38,39)(H,41,42)/t23-/m0/s1. The normalized spacial score (nSPS) is 12.4. The predicted octanol–water partition coefficient (Wildman–Crippen LogP) is 9.19. The minimum Gasteiger partial charge on any atom is -0.478 e. The van der Waals surface area contributed by atoms with E-state index in [1.807, 2.05) is 42.5 Å². The van der Waals surface area contributed by atoms with E-state index < -0.39 is 11.8 Å². The molecular weight excluding hydrogens is 527 g/mol. The highest BCUT2D eigenvalue weighted by molar-refractivity contribution is 6.04. The van der Waals surface area contributed by atoms with Crippen LogP contribution in [0.4, 0.5) is 4.39 Å². The summed E-state index contributed by atoms with van der Waals surface area (Å²) in [6, 6.07) is 24.9. The van der Waals surface area contributed by atoms with Crippen LogP contribution in [0, 0.1) is 5.82 Å². The highest BCUT2D eigenvalue weighted by Crippen LogP contribution is 2.36. The molecule has 0 unspecified atom stereocenters. The number of imidazole rings is 1. The quantitative estimate of drug-likeness (QED) is 0.175. The van der Waals surface area contributed by atoms with E-state index in [0.29, 0.717) is 28.1 Å². The van der Waals surface area contributed by atoms with Gasteiger partial charge in [0, 0.05) is 17.5 Å². The zero-order valence-electron chi connectivity index (χ0n) is 24.4. The topological polar surface area (TPSA) is 83.0 Å². The molecule has 0 amide bonds. The first-order valence-corrected chi connectivity index (χ1v) is 14.3. The predicted molar refractivity (Wildman–Crippen MR) is 166 cm³/mol. The summed E-state index contributed by atoms with van der Waals surface area (Å²) in [5.74, 6) is -1.27. The van der Waals surface area contributed by atoms with Gasteiger partial charge in [-0.25, -0.2) is 14.2 Å². The van der Waals surface area contributed by atoms with Gasteiger partial charge in [0.05, 0.1) is 16.6 Å². The summed E-state index contributed by atoms with van der Waals surface area (Å²) < 4.78 is 14.6. The third-order valence-electron chi connectivity index (χ3n) is 7.79. The molecule has 0 radical (unpaired) electrons. The van der Waals surface area contributed by atoms with Gasteiger partial charge in [-0.15, -0.1) is 0 Å². The zero-order chi connectivity index (χ0) is 30.0. The molecule has 0 aliphatic rings. The summed E-state index contributed by atoms with van der Waals surface area (Å²) in [6.07, 6.45) is 2.05. The molecular formula is C36H35FN2O3. The Bertz CT molecular complexity index is 1770. The Balaban J connectivity index is 1.54. The van der Waals surface area contributed by atoms with Crippen molar-refractivity contribution in [2.75, 3.05) is 0 Å². The van der Waals surface area contributed by atoms with Crippen LogP contribution in [-0.4, -0.2) is 26.8 Å². The van der Waals surface area contributed by atoms with Gasteiger partial charge in [-0.05, 0) is 76.4 Å². The van der Waals surface area contributed by atoms with Crippen LogP contribution in [0.2, 0.25) is 0 Å². The van der Waals surface area contributed by atoms with Gasteiger partial charge in [-0.3, -0.25) is 4.79 Å². The number of nitrogens with zero attached hydrogens (tertiary/aromatic N) is 1. The van der Waals surface area contributed by atoms with Crippen molar-refractivity contribution in [1.29, 1.82) is 0 Å². The molecule has 0 aliphatic carbocycles. The van der Waals surface area contributed by atoms with E-state index in [0.717, 1.165) is 35.0 Å². The first-order valence-electron chi connectivity index (χ1n) is 14.3. The van der Waals surface area contributed by atoms with Crippen LogP contribution in [0.3, 0.4) is 0 Å². The van der Waals surface area contributed by atoms with E-state index in [4.69, 9.17) is 4.98 Å². The molecule has 42 heavy (non-hydrogen) atoms. The number of benzene rings is 4. The van der Waals surface area contributed by atoms with Crippen molar-refractivity contribution < 1.29 is 19.1 Å². The fourth-order valence-corrected chi connectivity index (χ4v) is 5.48. The van der Waals surface area contributed by atoms with Gasteiger partial charge in [0.25, 0.3) is 0 Å². The molecule has 0 saturated heterocycles. The number of rotatable bonds is 9. The Morgan fingerprint density at radius 3 is 2.33 bits per heavy atom. The van der Waals surface area contributed by atoms with Gasteiger partial charge in [0.1, 0.15) is 11.6 Å². The maximum atomic E-state index is 14.6. The summed E-state index contributed by atoms with van der Waals surface area (Å²) in [5, 5.41) is 10.2. The Labute approximate surface area is 245 Å². The molecule has 1 aromatic heterocycles. The van der Waals surface area contributed by atoms with Crippen molar-refractivity contribution in [3.63, 3.8) is 0 Å². The first-order chi connectivity index (χ1) is 20.0. The molecule has 2 N–H and O–H groups in total. The molecule has 4 aromatic carbocycles. The van der Waals surface area contributed by atoms with E-state index in [1.54, 1.807) is 18.2 Å². The number of H-pyrrole nitrogens is 1. The van der Waals surface area contributed by atoms with Crippen LogP contribution in [0.15, 0.2) is 84.9 Å². The third kappa shape index (κ3) is 6.03.